The quantitative estimate of drug-likeness (QED) is 0.405. The molecule has 0 spiro atoms. The number of hydrogen-bond acceptors (Lipinski definition) is 3. The van der Waals surface area contributed by atoms with Crippen molar-refractivity contribution in [3.63, 3.8) is 0 Å². The lowest BCUT2D eigenvalue weighted by atomic mass is 10.1. The molecule has 0 aliphatic rings. The van der Waals surface area contributed by atoms with Gasteiger partial charge in [0.1, 0.15) is 6.61 Å². The third kappa shape index (κ3) is 6.55. The molecule has 0 aliphatic carbocycles. The Morgan fingerprint density at radius 2 is 1.69 bits per heavy atom. The molecule has 0 saturated heterocycles. The monoisotopic (exact) mass is 451 g/mol. The first-order chi connectivity index (χ1) is 13.6. The van der Waals surface area contributed by atoms with Gasteiger partial charge in [-0.2, -0.15) is 0 Å². The fourth-order valence-corrected chi connectivity index (χ4v) is 3.33. The molecule has 6 heteroatoms. The van der Waals surface area contributed by atoms with Crippen LogP contribution < -0.4 is 14.8 Å². The average molecular weight is 453 g/mol. The number of methoxy groups -OCH3 is 1. The highest BCUT2D eigenvalue weighted by Crippen LogP contribution is 2.30. The van der Waals surface area contributed by atoms with Gasteiger partial charge in [-0.25, -0.2) is 0 Å². The maximum atomic E-state index is 6.21. The van der Waals surface area contributed by atoms with Gasteiger partial charge in [-0.15, -0.1) is 12.4 Å². The highest BCUT2D eigenvalue weighted by Gasteiger charge is 2.10. The van der Waals surface area contributed by atoms with Crippen LogP contribution in [0.4, 0.5) is 0 Å². The molecule has 0 aliphatic heterocycles. The van der Waals surface area contributed by atoms with E-state index in [0.717, 1.165) is 17.7 Å². The summed E-state index contributed by atoms with van der Waals surface area (Å²) < 4.78 is 11.4. The van der Waals surface area contributed by atoms with Crippen LogP contribution in [0.3, 0.4) is 0 Å². The van der Waals surface area contributed by atoms with Gasteiger partial charge >= 0.3 is 0 Å². The van der Waals surface area contributed by atoms with Crippen molar-refractivity contribution in [1.82, 2.24) is 5.32 Å². The Labute approximate surface area is 188 Å². The van der Waals surface area contributed by atoms with Gasteiger partial charge in [0.15, 0.2) is 11.5 Å². The summed E-state index contributed by atoms with van der Waals surface area (Å²) in [5.74, 6) is 1.37. The summed E-state index contributed by atoms with van der Waals surface area (Å²) in [6.07, 6.45) is 0. The minimum atomic E-state index is 0. The zero-order valence-corrected chi connectivity index (χ0v) is 18.7. The van der Waals surface area contributed by atoms with E-state index in [0.29, 0.717) is 28.2 Å². The molecule has 0 amide bonds. The molecule has 3 nitrogen and oxygen atoms in total. The molecule has 0 fully saturated rings. The summed E-state index contributed by atoms with van der Waals surface area (Å²) in [6.45, 7) is 3.23. The van der Waals surface area contributed by atoms with E-state index in [-0.39, 0.29) is 18.4 Å². The van der Waals surface area contributed by atoms with Crippen molar-refractivity contribution in [3.05, 3.63) is 93.5 Å². The molecule has 1 atom stereocenters. The second-order valence-electron chi connectivity index (χ2n) is 6.52. The third-order valence-corrected chi connectivity index (χ3v) is 5.13. The van der Waals surface area contributed by atoms with Crippen LogP contribution in [-0.4, -0.2) is 7.11 Å². The lowest BCUT2D eigenvalue weighted by Gasteiger charge is -2.16. The Morgan fingerprint density at radius 3 is 2.38 bits per heavy atom. The Hall–Kier alpha value is -1.91. The first-order valence-electron chi connectivity index (χ1n) is 9.09. The Kier molecular flexibility index (Phi) is 9.12. The molecule has 0 bridgehead atoms. The van der Waals surface area contributed by atoms with Crippen LogP contribution >= 0.6 is 35.6 Å². The minimum Gasteiger partial charge on any atom is -0.493 e. The molecule has 0 heterocycles. The van der Waals surface area contributed by atoms with E-state index >= 15 is 0 Å². The fourth-order valence-electron chi connectivity index (χ4n) is 2.87. The third-order valence-electron chi connectivity index (χ3n) is 4.54. The Bertz CT molecular complexity index is 919. The number of hydrogen-bond donors (Lipinski definition) is 1. The normalized spacial score (nSPS) is 11.4. The zero-order chi connectivity index (χ0) is 19.9. The molecule has 0 saturated carbocycles. The molecular weight excluding hydrogens is 429 g/mol. The van der Waals surface area contributed by atoms with E-state index in [1.165, 1.54) is 5.56 Å². The standard InChI is InChI=1S/C23H23Cl2NO2.ClH/c1-16(18-6-4-3-5-7-18)26-14-17-8-11-22(23(12-17)27-2)28-15-19-9-10-20(24)13-21(19)25;/h3-13,16,26H,14-15H2,1-2H3;1H. The van der Waals surface area contributed by atoms with Gasteiger partial charge in [0.2, 0.25) is 0 Å². The molecular formula is C23H24Cl3NO2. The summed E-state index contributed by atoms with van der Waals surface area (Å²) in [5, 5.41) is 4.72. The highest BCUT2D eigenvalue weighted by molar-refractivity contribution is 6.35. The second kappa shape index (κ2) is 11.3. The summed E-state index contributed by atoms with van der Waals surface area (Å²) in [5.41, 5.74) is 3.25. The van der Waals surface area contributed by atoms with Gasteiger partial charge in [0.25, 0.3) is 0 Å². The van der Waals surface area contributed by atoms with Crippen LogP contribution in [0.15, 0.2) is 66.7 Å². The molecule has 3 aromatic carbocycles. The van der Waals surface area contributed by atoms with Crippen molar-refractivity contribution in [2.75, 3.05) is 7.11 Å². The first kappa shape index (κ1) is 23.4. The largest absolute Gasteiger partial charge is 0.493 e. The van der Waals surface area contributed by atoms with Crippen molar-refractivity contribution in [1.29, 1.82) is 0 Å². The minimum absolute atomic E-state index is 0. The van der Waals surface area contributed by atoms with Gasteiger partial charge in [0.05, 0.1) is 7.11 Å². The van der Waals surface area contributed by atoms with Crippen LogP contribution in [-0.2, 0) is 13.2 Å². The van der Waals surface area contributed by atoms with Gasteiger partial charge in [-0.05, 0) is 42.3 Å². The van der Waals surface area contributed by atoms with Crippen LogP contribution in [0.2, 0.25) is 10.0 Å². The topological polar surface area (TPSA) is 30.5 Å². The summed E-state index contributed by atoms with van der Waals surface area (Å²) in [6, 6.07) is 21.9. The van der Waals surface area contributed by atoms with Gasteiger partial charge in [-0.1, -0.05) is 65.7 Å². The van der Waals surface area contributed by atoms with Gasteiger partial charge < -0.3 is 14.8 Å². The van der Waals surface area contributed by atoms with Crippen molar-refractivity contribution < 1.29 is 9.47 Å². The van der Waals surface area contributed by atoms with Crippen molar-refractivity contribution >= 4 is 35.6 Å². The smallest absolute Gasteiger partial charge is 0.161 e. The Balaban J connectivity index is 0.00000300. The van der Waals surface area contributed by atoms with Crippen molar-refractivity contribution in [3.8, 4) is 11.5 Å². The predicted octanol–water partition coefficient (Wildman–Crippen LogP) is 6.85. The number of rotatable bonds is 8. The number of nitrogens with one attached hydrogen (secondary N) is 1. The van der Waals surface area contributed by atoms with E-state index in [2.05, 4.69) is 36.5 Å². The lowest BCUT2D eigenvalue weighted by Crippen LogP contribution is -2.18. The Morgan fingerprint density at radius 1 is 0.931 bits per heavy atom. The van der Waals surface area contributed by atoms with E-state index in [9.17, 15) is 0 Å². The molecule has 154 valence electrons. The SMILES string of the molecule is COc1cc(CNC(C)c2ccccc2)ccc1OCc1ccc(Cl)cc1Cl.Cl. The summed E-state index contributed by atoms with van der Waals surface area (Å²) >= 11 is 12.2. The van der Waals surface area contributed by atoms with Crippen molar-refractivity contribution in [2.24, 2.45) is 0 Å². The molecule has 1 unspecified atom stereocenters. The van der Waals surface area contributed by atoms with Crippen LogP contribution in [0.1, 0.15) is 29.7 Å². The molecule has 3 rings (SSSR count). The molecule has 0 aromatic heterocycles. The van der Waals surface area contributed by atoms with E-state index in [1.54, 1.807) is 19.2 Å². The van der Waals surface area contributed by atoms with E-state index in [4.69, 9.17) is 32.7 Å². The van der Waals surface area contributed by atoms with Crippen molar-refractivity contribution in [2.45, 2.75) is 26.1 Å². The second-order valence-corrected chi connectivity index (χ2v) is 7.37. The first-order valence-corrected chi connectivity index (χ1v) is 9.84. The number of halogens is 3. The van der Waals surface area contributed by atoms with Crippen LogP contribution in [0.5, 0.6) is 11.5 Å². The molecule has 0 radical (unpaired) electrons. The van der Waals surface area contributed by atoms with Crippen LogP contribution in [0.25, 0.3) is 0 Å². The fraction of sp³-hybridized carbons (Fsp3) is 0.217. The summed E-state index contributed by atoms with van der Waals surface area (Å²) in [7, 11) is 1.64. The molecule has 3 aromatic rings. The van der Waals surface area contributed by atoms with Gasteiger partial charge in [0, 0.05) is 28.2 Å². The highest BCUT2D eigenvalue weighted by atomic mass is 35.5. The maximum Gasteiger partial charge on any atom is 0.161 e. The summed E-state index contributed by atoms with van der Waals surface area (Å²) in [4.78, 5) is 0. The average Bonchev–Trinajstić information content (AvgIpc) is 2.72. The predicted molar refractivity (Wildman–Crippen MR) is 123 cm³/mol. The van der Waals surface area contributed by atoms with E-state index in [1.807, 2.05) is 30.3 Å². The zero-order valence-electron chi connectivity index (χ0n) is 16.3. The molecule has 1 N–H and O–H groups in total. The maximum absolute atomic E-state index is 6.21. The van der Waals surface area contributed by atoms with Gasteiger partial charge in [-0.3, -0.25) is 0 Å². The number of benzene rings is 3. The molecule has 29 heavy (non-hydrogen) atoms. The number of ether oxygens (including phenoxy) is 2. The lowest BCUT2D eigenvalue weighted by molar-refractivity contribution is 0.284. The van der Waals surface area contributed by atoms with E-state index < -0.39 is 0 Å². The van der Waals surface area contributed by atoms with Crippen LogP contribution in [0, 0.1) is 0 Å².